The van der Waals surface area contributed by atoms with Gasteiger partial charge in [-0.05, 0) is 60.7 Å². The third kappa shape index (κ3) is 8.05. The molecule has 10 nitrogen and oxygen atoms in total. The molecule has 0 unspecified atom stereocenters. The van der Waals surface area contributed by atoms with Gasteiger partial charge in [-0.2, -0.15) is 0 Å². The van der Waals surface area contributed by atoms with Gasteiger partial charge in [0.2, 0.25) is 0 Å². The number of carbonyl (C=O) groups is 2. The number of imidazole rings is 1. The van der Waals surface area contributed by atoms with Crippen LogP contribution in [0.15, 0.2) is 48.5 Å². The molecule has 0 saturated carbocycles. The first-order chi connectivity index (χ1) is 18.6. The predicted molar refractivity (Wildman–Crippen MR) is 143 cm³/mol. The highest BCUT2D eigenvalue weighted by atomic mass is 16.5. The number of aliphatic carboxylic acids is 1. The lowest BCUT2D eigenvalue weighted by molar-refractivity contribution is -0.307. The van der Waals surface area contributed by atoms with E-state index in [-0.39, 0.29) is 30.4 Å². The average Bonchev–Trinajstić information content (AvgIpc) is 3.30. The number of aliphatic hydroxyl groups is 2. The summed E-state index contributed by atoms with van der Waals surface area (Å²) in [6.45, 7) is 4.53. The van der Waals surface area contributed by atoms with Crippen LogP contribution in [0.3, 0.4) is 0 Å². The molecule has 0 fully saturated rings. The number of amides is 1. The SMILES string of the molecule is COc1ccc(CNC(=O)c2nc(-c3ccc(OC)cc3)n(CC[C@@H](O)C[C@@H](O)CC(=O)[O-])c2C(C)C)cc1. The Morgan fingerprint density at radius 1 is 0.974 bits per heavy atom. The molecule has 0 aliphatic rings. The molecule has 0 aliphatic heterocycles. The summed E-state index contributed by atoms with van der Waals surface area (Å²) in [5.74, 6) is 0.178. The number of carboxylic acids is 1. The lowest BCUT2D eigenvalue weighted by Crippen LogP contribution is -2.29. The Balaban J connectivity index is 1.90. The van der Waals surface area contributed by atoms with Crippen LogP contribution in [0.2, 0.25) is 0 Å². The lowest BCUT2D eigenvalue weighted by atomic mass is 10.0. The number of benzene rings is 2. The number of rotatable bonds is 14. The summed E-state index contributed by atoms with van der Waals surface area (Å²) in [7, 11) is 3.17. The van der Waals surface area contributed by atoms with Crippen molar-refractivity contribution in [3.05, 3.63) is 65.5 Å². The molecular weight excluding hydrogens is 502 g/mol. The topological polar surface area (TPSA) is 146 Å². The summed E-state index contributed by atoms with van der Waals surface area (Å²) in [4.78, 5) is 28.9. The smallest absolute Gasteiger partial charge is 0.272 e. The van der Waals surface area contributed by atoms with Gasteiger partial charge in [-0.1, -0.05) is 26.0 Å². The molecule has 3 aromatic rings. The molecule has 3 N–H and O–H groups in total. The van der Waals surface area contributed by atoms with E-state index in [9.17, 15) is 24.9 Å². The van der Waals surface area contributed by atoms with Crippen molar-refractivity contribution in [3.63, 3.8) is 0 Å². The summed E-state index contributed by atoms with van der Waals surface area (Å²) in [5.41, 5.74) is 2.66. The average molecular weight is 539 g/mol. The van der Waals surface area contributed by atoms with Crippen molar-refractivity contribution in [2.24, 2.45) is 0 Å². The molecule has 1 aromatic heterocycles. The quantitative estimate of drug-likeness (QED) is 0.283. The van der Waals surface area contributed by atoms with E-state index < -0.39 is 24.6 Å². The van der Waals surface area contributed by atoms with Gasteiger partial charge in [0.1, 0.15) is 23.0 Å². The van der Waals surface area contributed by atoms with Crippen LogP contribution in [0.25, 0.3) is 11.4 Å². The molecule has 0 spiro atoms. The maximum absolute atomic E-state index is 13.4. The normalized spacial score (nSPS) is 12.7. The molecule has 10 heteroatoms. The Morgan fingerprint density at radius 2 is 1.56 bits per heavy atom. The van der Waals surface area contributed by atoms with Gasteiger partial charge in [0, 0.05) is 31.0 Å². The van der Waals surface area contributed by atoms with Gasteiger partial charge >= 0.3 is 0 Å². The number of hydrogen-bond acceptors (Lipinski definition) is 8. The van der Waals surface area contributed by atoms with E-state index in [4.69, 9.17) is 14.5 Å². The summed E-state index contributed by atoms with van der Waals surface area (Å²) in [6.07, 6.45) is -2.60. The number of nitrogens with zero attached hydrogens (tertiary/aromatic N) is 2. The van der Waals surface area contributed by atoms with Crippen LogP contribution in [-0.4, -0.2) is 58.1 Å². The Labute approximate surface area is 228 Å². The van der Waals surface area contributed by atoms with Crippen molar-refractivity contribution in [2.75, 3.05) is 14.2 Å². The van der Waals surface area contributed by atoms with Crippen LogP contribution in [0, 0.1) is 0 Å². The number of carbonyl (C=O) groups excluding carboxylic acids is 2. The van der Waals surface area contributed by atoms with Gasteiger partial charge in [-0.15, -0.1) is 0 Å². The minimum absolute atomic E-state index is 0.0768. The second-order valence-corrected chi connectivity index (χ2v) is 9.64. The zero-order valence-electron chi connectivity index (χ0n) is 22.7. The van der Waals surface area contributed by atoms with E-state index in [0.29, 0.717) is 30.4 Å². The summed E-state index contributed by atoms with van der Waals surface area (Å²) < 4.78 is 12.4. The lowest BCUT2D eigenvalue weighted by Gasteiger charge is -2.19. The number of methoxy groups -OCH3 is 2. The fourth-order valence-corrected chi connectivity index (χ4v) is 4.40. The second-order valence-electron chi connectivity index (χ2n) is 9.64. The second kappa shape index (κ2) is 13.8. The van der Waals surface area contributed by atoms with E-state index >= 15 is 0 Å². The highest BCUT2D eigenvalue weighted by Gasteiger charge is 2.26. The molecule has 3 rings (SSSR count). The first kappa shape index (κ1) is 29.7. The van der Waals surface area contributed by atoms with Gasteiger partial charge in [0.25, 0.3) is 5.91 Å². The van der Waals surface area contributed by atoms with Crippen molar-refractivity contribution < 1.29 is 34.4 Å². The van der Waals surface area contributed by atoms with E-state index in [2.05, 4.69) is 5.32 Å². The number of ether oxygens (including phenoxy) is 2. The zero-order valence-corrected chi connectivity index (χ0v) is 22.7. The van der Waals surface area contributed by atoms with Crippen molar-refractivity contribution >= 4 is 11.9 Å². The molecule has 0 aliphatic carbocycles. The summed E-state index contributed by atoms with van der Waals surface area (Å²) in [5, 5.41) is 34.1. The van der Waals surface area contributed by atoms with Crippen LogP contribution in [0.4, 0.5) is 0 Å². The molecular formula is C29H36N3O7-. The van der Waals surface area contributed by atoms with Gasteiger partial charge in [0.15, 0.2) is 0 Å². The zero-order chi connectivity index (χ0) is 28.5. The highest BCUT2D eigenvalue weighted by molar-refractivity contribution is 5.94. The summed E-state index contributed by atoms with van der Waals surface area (Å²) in [6, 6.07) is 14.7. The maximum atomic E-state index is 13.4. The number of hydrogen-bond donors (Lipinski definition) is 3. The molecule has 39 heavy (non-hydrogen) atoms. The molecule has 0 radical (unpaired) electrons. The van der Waals surface area contributed by atoms with Crippen molar-refractivity contribution in [1.82, 2.24) is 14.9 Å². The Hall–Kier alpha value is -3.89. The Morgan fingerprint density at radius 3 is 2.10 bits per heavy atom. The molecule has 2 atom stereocenters. The number of aliphatic hydroxyl groups excluding tert-OH is 2. The highest BCUT2D eigenvalue weighted by Crippen LogP contribution is 2.30. The molecule has 1 heterocycles. The predicted octanol–water partition coefficient (Wildman–Crippen LogP) is 2.26. The first-order valence-electron chi connectivity index (χ1n) is 12.8. The monoisotopic (exact) mass is 538 g/mol. The fourth-order valence-electron chi connectivity index (χ4n) is 4.40. The van der Waals surface area contributed by atoms with Gasteiger partial charge < -0.3 is 39.5 Å². The number of carboxylic acid groups (broad SMARTS) is 1. The third-order valence-electron chi connectivity index (χ3n) is 6.36. The Kier molecular flexibility index (Phi) is 10.5. The van der Waals surface area contributed by atoms with Gasteiger partial charge in [-0.25, -0.2) is 4.98 Å². The summed E-state index contributed by atoms with van der Waals surface area (Å²) >= 11 is 0. The molecule has 1 amide bonds. The van der Waals surface area contributed by atoms with Crippen LogP contribution in [0.5, 0.6) is 11.5 Å². The molecule has 210 valence electrons. The minimum atomic E-state index is -1.38. The van der Waals surface area contributed by atoms with Crippen LogP contribution >= 0.6 is 0 Å². The molecule has 0 bridgehead atoms. The Bertz CT molecular complexity index is 1240. The van der Waals surface area contributed by atoms with Crippen LogP contribution < -0.4 is 19.9 Å². The van der Waals surface area contributed by atoms with Crippen molar-refractivity contribution in [3.8, 4) is 22.9 Å². The van der Waals surface area contributed by atoms with Gasteiger partial charge in [-0.3, -0.25) is 4.79 Å². The van der Waals surface area contributed by atoms with E-state index in [0.717, 1.165) is 16.9 Å². The minimum Gasteiger partial charge on any atom is -0.550 e. The van der Waals surface area contributed by atoms with Gasteiger partial charge in [0.05, 0.1) is 32.1 Å². The largest absolute Gasteiger partial charge is 0.550 e. The fraction of sp³-hybridized carbons (Fsp3) is 0.414. The molecule has 2 aromatic carbocycles. The maximum Gasteiger partial charge on any atom is 0.272 e. The standard InChI is InChI=1S/C29H37N3O7/c1-18(2)27-26(29(37)30-17-19-5-9-23(38-3)10-6-19)31-28(20-7-11-24(39-4)12-8-20)32(27)14-13-21(33)15-22(34)16-25(35)36/h5-12,18,21-22,33-34H,13-17H2,1-4H3,(H,30,37)(H,35,36)/p-1/t21-,22-/m1/s1. The molecule has 0 saturated heterocycles. The third-order valence-corrected chi connectivity index (χ3v) is 6.36. The van der Waals surface area contributed by atoms with E-state index in [1.165, 1.54) is 0 Å². The van der Waals surface area contributed by atoms with E-state index in [1.807, 2.05) is 54.8 Å². The van der Waals surface area contributed by atoms with Crippen LogP contribution in [0.1, 0.15) is 60.8 Å². The van der Waals surface area contributed by atoms with Crippen molar-refractivity contribution in [2.45, 2.75) is 64.3 Å². The number of aromatic nitrogens is 2. The first-order valence-corrected chi connectivity index (χ1v) is 12.8. The van der Waals surface area contributed by atoms with E-state index in [1.54, 1.807) is 26.4 Å². The number of nitrogens with one attached hydrogen (secondary N) is 1. The van der Waals surface area contributed by atoms with Crippen LogP contribution in [-0.2, 0) is 17.9 Å². The van der Waals surface area contributed by atoms with Crippen molar-refractivity contribution in [1.29, 1.82) is 0 Å².